The number of ketones is 1. The number of carbonyl (C=O) groups is 2. The minimum atomic E-state index is -0.610. The van der Waals surface area contributed by atoms with Crippen LogP contribution in [0.25, 0.3) is 0 Å². The summed E-state index contributed by atoms with van der Waals surface area (Å²) < 4.78 is 5.16. The van der Waals surface area contributed by atoms with Gasteiger partial charge in [-0.25, -0.2) is 0 Å². The van der Waals surface area contributed by atoms with Crippen LogP contribution in [0.1, 0.15) is 25.0 Å². The molecule has 0 unspecified atom stereocenters. The number of carbonyl (C=O) groups excluding carboxylic acids is 2. The molecule has 1 aliphatic rings. The monoisotopic (exact) mass is 238 g/mol. The Balaban J connectivity index is 2.16. The number of Topliss-reactive ketones (excluding diaryl/α,β-unsaturated/α-hetero) is 1. The quantitative estimate of drug-likeness (QED) is 0.587. The molecule has 4 heteroatoms. The Labute approximate surface area is 98.4 Å². The van der Waals surface area contributed by atoms with E-state index in [0.717, 1.165) is 5.56 Å². The number of ether oxygens (including phenoxy) is 1. The van der Waals surface area contributed by atoms with Crippen LogP contribution >= 0.6 is 11.6 Å². The molecule has 1 aliphatic heterocycles. The van der Waals surface area contributed by atoms with Gasteiger partial charge in [0.25, 0.3) is 0 Å². The van der Waals surface area contributed by atoms with Crippen molar-refractivity contribution in [3.05, 3.63) is 34.9 Å². The Morgan fingerprint density at radius 3 is 2.50 bits per heavy atom. The molecule has 0 spiro atoms. The number of hydrogen-bond donors (Lipinski definition) is 0. The molecule has 3 nitrogen and oxygen atoms in total. The van der Waals surface area contributed by atoms with Crippen LogP contribution in [0.15, 0.2) is 24.3 Å². The van der Waals surface area contributed by atoms with Gasteiger partial charge in [-0.1, -0.05) is 23.7 Å². The molecular formula is C12H11ClO3. The fourth-order valence-electron chi connectivity index (χ4n) is 1.79. The Bertz CT molecular complexity index is 424. The van der Waals surface area contributed by atoms with Gasteiger partial charge < -0.3 is 4.74 Å². The molecule has 16 heavy (non-hydrogen) atoms. The second-order valence-corrected chi connectivity index (χ2v) is 4.31. The topological polar surface area (TPSA) is 43.4 Å². The lowest BCUT2D eigenvalue weighted by atomic mass is 9.97. The lowest BCUT2D eigenvalue weighted by molar-refractivity contribution is -0.146. The molecule has 84 valence electrons. The van der Waals surface area contributed by atoms with Crippen molar-refractivity contribution in [2.45, 2.75) is 19.4 Å². The summed E-state index contributed by atoms with van der Waals surface area (Å²) in [5, 5.41) is 0.635. The lowest BCUT2D eigenvalue weighted by Gasteiger charge is -2.08. The highest BCUT2D eigenvalue weighted by Gasteiger charge is 2.38. The minimum absolute atomic E-state index is 0.138. The van der Waals surface area contributed by atoms with E-state index in [0.29, 0.717) is 11.4 Å². The summed E-state index contributed by atoms with van der Waals surface area (Å²) in [6.45, 7) is 1.41. The molecule has 0 amide bonds. The molecule has 0 aliphatic carbocycles. The zero-order valence-electron chi connectivity index (χ0n) is 8.77. The molecule has 1 aromatic rings. The first-order valence-electron chi connectivity index (χ1n) is 5.04. The van der Waals surface area contributed by atoms with Gasteiger partial charge in [0.1, 0.15) is 17.8 Å². The largest absolute Gasteiger partial charge is 0.457 e. The van der Waals surface area contributed by atoms with Gasteiger partial charge in [0.05, 0.1) is 0 Å². The summed E-state index contributed by atoms with van der Waals surface area (Å²) in [7, 11) is 0. The van der Waals surface area contributed by atoms with Crippen LogP contribution in [0.5, 0.6) is 0 Å². The second-order valence-electron chi connectivity index (χ2n) is 3.88. The number of halogens is 1. The number of cyclic esters (lactones) is 1. The van der Waals surface area contributed by atoms with Crippen molar-refractivity contribution in [1.29, 1.82) is 0 Å². The number of esters is 1. The summed E-state index contributed by atoms with van der Waals surface area (Å²) in [6, 6.07) is 7.10. The molecule has 0 radical (unpaired) electrons. The van der Waals surface area contributed by atoms with Crippen LogP contribution in [0.4, 0.5) is 0 Å². The number of hydrogen-bond acceptors (Lipinski definition) is 3. The van der Waals surface area contributed by atoms with Gasteiger partial charge in [-0.15, -0.1) is 0 Å². The van der Waals surface area contributed by atoms with E-state index in [9.17, 15) is 9.59 Å². The molecule has 0 bridgehead atoms. The molecule has 1 heterocycles. The Morgan fingerprint density at radius 1 is 1.38 bits per heavy atom. The van der Waals surface area contributed by atoms with E-state index in [1.54, 1.807) is 12.1 Å². The summed E-state index contributed by atoms with van der Waals surface area (Å²) in [4.78, 5) is 22.6. The molecule has 1 saturated heterocycles. The lowest BCUT2D eigenvalue weighted by Crippen LogP contribution is -2.15. The van der Waals surface area contributed by atoms with Crippen molar-refractivity contribution < 1.29 is 14.3 Å². The highest BCUT2D eigenvalue weighted by atomic mass is 35.5. The van der Waals surface area contributed by atoms with E-state index in [4.69, 9.17) is 16.3 Å². The maximum atomic E-state index is 11.4. The summed E-state index contributed by atoms with van der Waals surface area (Å²) >= 11 is 5.76. The molecule has 1 fully saturated rings. The summed E-state index contributed by atoms with van der Waals surface area (Å²) in [5.74, 6) is -1.17. The van der Waals surface area contributed by atoms with Crippen LogP contribution < -0.4 is 0 Å². The highest BCUT2D eigenvalue weighted by Crippen LogP contribution is 2.34. The predicted molar refractivity (Wildman–Crippen MR) is 59.1 cm³/mol. The second kappa shape index (κ2) is 4.26. The summed E-state index contributed by atoms with van der Waals surface area (Å²) in [5.41, 5.74) is 0.876. The molecule has 1 aromatic carbocycles. The third kappa shape index (κ3) is 2.09. The van der Waals surface area contributed by atoms with E-state index in [1.807, 2.05) is 12.1 Å². The first kappa shape index (κ1) is 11.1. The number of rotatable bonds is 2. The van der Waals surface area contributed by atoms with Gasteiger partial charge in [0, 0.05) is 11.4 Å². The van der Waals surface area contributed by atoms with Crippen LogP contribution in [0, 0.1) is 5.92 Å². The van der Waals surface area contributed by atoms with Crippen molar-refractivity contribution in [2.24, 2.45) is 5.92 Å². The normalized spacial score (nSPS) is 24.2. The van der Waals surface area contributed by atoms with Gasteiger partial charge in [0.2, 0.25) is 0 Å². The zero-order valence-corrected chi connectivity index (χ0v) is 9.53. The highest BCUT2D eigenvalue weighted by molar-refractivity contribution is 6.30. The molecule has 2 rings (SSSR count). The maximum Gasteiger partial charge on any atom is 0.317 e. The Hall–Kier alpha value is -1.35. The van der Waals surface area contributed by atoms with Gasteiger partial charge in [0.15, 0.2) is 0 Å². The first-order valence-corrected chi connectivity index (χ1v) is 5.42. The van der Waals surface area contributed by atoms with Crippen molar-refractivity contribution in [3.8, 4) is 0 Å². The van der Waals surface area contributed by atoms with Crippen LogP contribution in [0.3, 0.4) is 0 Å². The van der Waals surface area contributed by atoms with Gasteiger partial charge in [-0.05, 0) is 24.6 Å². The predicted octanol–water partition coefficient (Wildman–Crippen LogP) is 2.53. The van der Waals surface area contributed by atoms with Crippen molar-refractivity contribution >= 4 is 23.4 Å². The molecule has 2 atom stereocenters. The van der Waals surface area contributed by atoms with E-state index >= 15 is 0 Å². The first-order chi connectivity index (χ1) is 7.58. The molecular weight excluding hydrogens is 228 g/mol. The standard InChI is InChI=1S/C12H11ClO3/c1-7(14)10-6-11(16-12(10)15)8-2-4-9(13)5-3-8/h2-5,10-11H,6H2,1H3/t10-,11+/m1/s1. The third-order valence-corrected chi connectivity index (χ3v) is 2.98. The molecule has 0 saturated carbocycles. The number of benzene rings is 1. The van der Waals surface area contributed by atoms with Gasteiger partial charge in [-0.2, -0.15) is 0 Å². The fraction of sp³-hybridized carbons (Fsp3) is 0.333. The average Bonchev–Trinajstić information content (AvgIpc) is 2.61. The van der Waals surface area contributed by atoms with Crippen LogP contribution in [0.2, 0.25) is 5.02 Å². The molecule has 0 N–H and O–H groups in total. The van der Waals surface area contributed by atoms with Crippen molar-refractivity contribution in [2.75, 3.05) is 0 Å². The Kier molecular flexibility index (Phi) is 2.97. The molecule has 0 aromatic heterocycles. The third-order valence-electron chi connectivity index (χ3n) is 2.73. The van der Waals surface area contributed by atoms with Crippen LogP contribution in [-0.4, -0.2) is 11.8 Å². The van der Waals surface area contributed by atoms with Crippen molar-refractivity contribution in [1.82, 2.24) is 0 Å². The van der Waals surface area contributed by atoms with Crippen molar-refractivity contribution in [3.63, 3.8) is 0 Å². The van der Waals surface area contributed by atoms with Gasteiger partial charge >= 0.3 is 5.97 Å². The minimum Gasteiger partial charge on any atom is -0.457 e. The van der Waals surface area contributed by atoms with Crippen LogP contribution in [-0.2, 0) is 14.3 Å². The van der Waals surface area contributed by atoms with E-state index in [2.05, 4.69) is 0 Å². The summed E-state index contributed by atoms with van der Waals surface area (Å²) in [6.07, 6.45) is 0.106. The SMILES string of the molecule is CC(=O)[C@H]1C[C@@H](c2ccc(Cl)cc2)OC1=O. The zero-order chi connectivity index (χ0) is 11.7. The fourth-order valence-corrected chi connectivity index (χ4v) is 1.92. The van der Waals surface area contributed by atoms with E-state index < -0.39 is 11.9 Å². The van der Waals surface area contributed by atoms with E-state index in [1.165, 1.54) is 6.92 Å². The van der Waals surface area contributed by atoms with Gasteiger partial charge in [-0.3, -0.25) is 9.59 Å². The van der Waals surface area contributed by atoms with E-state index in [-0.39, 0.29) is 11.9 Å². The smallest absolute Gasteiger partial charge is 0.317 e. The average molecular weight is 239 g/mol. The maximum absolute atomic E-state index is 11.4. The Morgan fingerprint density at radius 2 is 2.00 bits per heavy atom.